The Balaban J connectivity index is 2.23. The van der Waals surface area contributed by atoms with Gasteiger partial charge in [0.15, 0.2) is 0 Å². The Labute approximate surface area is 125 Å². The van der Waals surface area contributed by atoms with Crippen molar-refractivity contribution in [3.8, 4) is 5.75 Å². The molecular formula is C18H22FNO. The first-order valence-corrected chi connectivity index (χ1v) is 7.13. The molecule has 0 radical (unpaired) electrons. The quantitative estimate of drug-likeness (QED) is 0.914. The largest absolute Gasteiger partial charge is 0.484 e. The molecule has 0 aromatic heterocycles. The number of benzene rings is 2. The van der Waals surface area contributed by atoms with Crippen LogP contribution in [0.25, 0.3) is 0 Å². The Morgan fingerprint density at radius 2 is 1.81 bits per heavy atom. The van der Waals surface area contributed by atoms with Gasteiger partial charge in [0, 0.05) is 6.54 Å². The molecule has 112 valence electrons. The van der Waals surface area contributed by atoms with Gasteiger partial charge in [-0.3, -0.25) is 0 Å². The van der Waals surface area contributed by atoms with Crippen molar-refractivity contribution in [2.24, 2.45) is 5.73 Å². The zero-order chi connectivity index (χ0) is 15.5. The molecule has 2 rings (SSSR count). The molecule has 2 aromatic rings. The minimum atomic E-state index is -0.351. The van der Waals surface area contributed by atoms with Crippen LogP contribution in [0.15, 0.2) is 48.5 Å². The molecule has 2 N–H and O–H groups in total. The number of nitrogens with two attached hydrogens (primary N) is 1. The molecule has 1 atom stereocenters. The molecule has 1 unspecified atom stereocenters. The van der Waals surface area contributed by atoms with Gasteiger partial charge in [-0.25, -0.2) is 4.39 Å². The van der Waals surface area contributed by atoms with Gasteiger partial charge in [-0.2, -0.15) is 0 Å². The van der Waals surface area contributed by atoms with E-state index in [-0.39, 0.29) is 17.3 Å². The number of hydrogen-bond donors (Lipinski definition) is 1. The molecule has 0 amide bonds. The minimum absolute atomic E-state index is 0.0520. The molecule has 0 aliphatic rings. The molecule has 0 spiro atoms. The molecule has 0 aliphatic carbocycles. The first-order valence-electron chi connectivity index (χ1n) is 7.13. The maximum Gasteiger partial charge on any atom is 0.136 e. The van der Waals surface area contributed by atoms with E-state index >= 15 is 0 Å². The highest BCUT2D eigenvalue weighted by Crippen LogP contribution is 2.28. The molecule has 0 saturated carbocycles. The molecule has 0 heterocycles. The highest BCUT2D eigenvalue weighted by atomic mass is 19.1. The number of rotatable bonds is 4. The van der Waals surface area contributed by atoms with E-state index in [0.717, 1.165) is 11.3 Å². The molecule has 2 nitrogen and oxygen atoms in total. The van der Waals surface area contributed by atoms with Crippen molar-refractivity contribution in [3.63, 3.8) is 0 Å². The molecule has 0 bridgehead atoms. The lowest BCUT2D eigenvalue weighted by atomic mass is 9.87. The van der Waals surface area contributed by atoms with Crippen molar-refractivity contribution in [2.45, 2.75) is 32.3 Å². The smallest absolute Gasteiger partial charge is 0.136 e. The van der Waals surface area contributed by atoms with E-state index in [4.69, 9.17) is 10.5 Å². The number of halogens is 1. The van der Waals surface area contributed by atoms with E-state index in [2.05, 4.69) is 26.8 Å². The summed E-state index contributed by atoms with van der Waals surface area (Å²) in [5.41, 5.74) is 7.77. The van der Waals surface area contributed by atoms with Crippen molar-refractivity contribution >= 4 is 0 Å². The van der Waals surface area contributed by atoms with Gasteiger partial charge in [0.05, 0.1) is 0 Å². The van der Waals surface area contributed by atoms with Gasteiger partial charge in [0.1, 0.15) is 17.7 Å². The topological polar surface area (TPSA) is 35.2 Å². The fourth-order valence-corrected chi connectivity index (χ4v) is 2.16. The molecule has 0 aliphatic heterocycles. The van der Waals surface area contributed by atoms with Gasteiger partial charge < -0.3 is 10.5 Å². The second-order valence-corrected chi connectivity index (χ2v) is 6.18. The van der Waals surface area contributed by atoms with Crippen molar-refractivity contribution in [1.29, 1.82) is 0 Å². The van der Waals surface area contributed by atoms with E-state index in [1.807, 2.05) is 24.3 Å². The maximum absolute atomic E-state index is 13.3. The van der Waals surface area contributed by atoms with Crippen LogP contribution in [0.4, 0.5) is 4.39 Å². The third-order valence-electron chi connectivity index (χ3n) is 3.41. The summed E-state index contributed by atoms with van der Waals surface area (Å²) in [6.45, 7) is 6.75. The Bertz CT molecular complexity index is 604. The van der Waals surface area contributed by atoms with Crippen LogP contribution in [0.1, 0.15) is 38.0 Å². The lowest BCUT2D eigenvalue weighted by Gasteiger charge is -2.22. The standard InChI is InChI=1S/C18H22FNO/c1-18(2,3)14-7-5-9-16(11-14)21-17(12-20)13-6-4-8-15(19)10-13/h4-11,17H,12,20H2,1-3H3. The lowest BCUT2D eigenvalue weighted by molar-refractivity contribution is 0.213. The van der Waals surface area contributed by atoms with Crippen LogP contribution >= 0.6 is 0 Å². The van der Waals surface area contributed by atoms with Crippen LogP contribution in [-0.4, -0.2) is 6.54 Å². The Morgan fingerprint density at radius 3 is 2.43 bits per heavy atom. The summed E-state index contributed by atoms with van der Waals surface area (Å²) in [5.74, 6) is 0.472. The van der Waals surface area contributed by atoms with Gasteiger partial charge in [0.2, 0.25) is 0 Å². The lowest BCUT2D eigenvalue weighted by Crippen LogP contribution is -2.19. The zero-order valence-electron chi connectivity index (χ0n) is 12.8. The highest BCUT2D eigenvalue weighted by Gasteiger charge is 2.16. The first kappa shape index (κ1) is 15.5. The van der Waals surface area contributed by atoms with Crippen molar-refractivity contribution in [1.82, 2.24) is 0 Å². The fourth-order valence-electron chi connectivity index (χ4n) is 2.16. The molecule has 3 heteroatoms. The Kier molecular flexibility index (Phi) is 4.63. The van der Waals surface area contributed by atoms with Crippen molar-refractivity contribution < 1.29 is 9.13 Å². The molecular weight excluding hydrogens is 265 g/mol. The van der Waals surface area contributed by atoms with Crippen molar-refractivity contribution in [2.75, 3.05) is 6.54 Å². The van der Waals surface area contributed by atoms with Crippen LogP contribution in [0, 0.1) is 5.82 Å². The van der Waals surface area contributed by atoms with Crippen molar-refractivity contribution in [3.05, 3.63) is 65.5 Å². The van der Waals surface area contributed by atoms with Gasteiger partial charge in [-0.15, -0.1) is 0 Å². The first-order chi connectivity index (χ1) is 9.90. The predicted molar refractivity (Wildman–Crippen MR) is 84.0 cm³/mol. The second kappa shape index (κ2) is 6.27. The molecule has 21 heavy (non-hydrogen) atoms. The van der Waals surface area contributed by atoms with Crippen LogP contribution in [-0.2, 0) is 5.41 Å². The maximum atomic E-state index is 13.3. The van der Waals surface area contributed by atoms with E-state index in [1.54, 1.807) is 6.07 Å². The minimum Gasteiger partial charge on any atom is -0.484 e. The average molecular weight is 287 g/mol. The predicted octanol–water partition coefficient (Wildman–Crippen LogP) is 4.20. The molecule has 0 fully saturated rings. The van der Waals surface area contributed by atoms with Crippen LogP contribution < -0.4 is 10.5 Å². The summed E-state index contributed by atoms with van der Waals surface area (Å²) in [6, 6.07) is 14.3. The Hall–Kier alpha value is -1.87. The normalized spacial score (nSPS) is 13.0. The summed E-state index contributed by atoms with van der Waals surface area (Å²) in [7, 11) is 0. The second-order valence-electron chi connectivity index (χ2n) is 6.18. The molecule has 2 aromatic carbocycles. The summed E-state index contributed by atoms with van der Waals surface area (Å²) < 4.78 is 19.3. The fraction of sp³-hybridized carbons (Fsp3) is 0.333. The zero-order valence-corrected chi connectivity index (χ0v) is 12.8. The monoisotopic (exact) mass is 287 g/mol. The average Bonchev–Trinajstić information content (AvgIpc) is 2.44. The summed E-state index contributed by atoms with van der Waals surface area (Å²) in [6.07, 6.45) is -0.351. The third-order valence-corrected chi connectivity index (χ3v) is 3.41. The van der Waals surface area contributed by atoms with Gasteiger partial charge in [0.25, 0.3) is 0 Å². The van der Waals surface area contributed by atoms with Crippen LogP contribution in [0.5, 0.6) is 5.75 Å². The highest BCUT2D eigenvalue weighted by molar-refractivity contribution is 5.33. The third kappa shape index (κ3) is 4.05. The van der Waals surface area contributed by atoms with Gasteiger partial charge in [-0.05, 0) is 40.8 Å². The van der Waals surface area contributed by atoms with Gasteiger partial charge >= 0.3 is 0 Å². The number of hydrogen-bond acceptors (Lipinski definition) is 2. The number of ether oxygens (including phenoxy) is 1. The summed E-state index contributed by atoms with van der Waals surface area (Å²) in [4.78, 5) is 0. The van der Waals surface area contributed by atoms with Crippen LogP contribution in [0.2, 0.25) is 0 Å². The van der Waals surface area contributed by atoms with E-state index in [1.165, 1.54) is 17.7 Å². The Morgan fingerprint density at radius 1 is 1.10 bits per heavy atom. The van der Waals surface area contributed by atoms with E-state index in [0.29, 0.717) is 6.54 Å². The van der Waals surface area contributed by atoms with Crippen LogP contribution in [0.3, 0.4) is 0 Å². The van der Waals surface area contributed by atoms with E-state index < -0.39 is 0 Å². The summed E-state index contributed by atoms with van der Waals surface area (Å²) >= 11 is 0. The molecule has 0 saturated heterocycles. The van der Waals surface area contributed by atoms with E-state index in [9.17, 15) is 4.39 Å². The SMILES string of the molecule is CC(C)(C)c1cccc(OC(CN)c2cccc(F)c2)c1. The summed E-state index contributed by atoms with van der Waals surface area (Å²) in [5, 5.41) is 0. The van der Waals surface area contributed by atoms with Gasteiger partial charge in [-0.1, -0.05) is 45.0 Å².